The summed E-state index contributed by atoms with van der Waals surface area (Å²) in [4.78, 5) is 25.3. The summed E-state index contributed by atoms with van der Waals surface area (Å²) in [5.41, 5.74) is -0.587. The second kappa shape index (κ2) is 7.33. The number of nitrogens with one attached hydrogen (secondary N) is 1. The van der Waals surface area contributed by atoms with E-state index in [1.165, 1.54) is 12.0 Å². The molecule has 0 aromatic heterocycles. The molecule has 2 amide bonds. The van der Waals surface area contributed by atoms with Crippen molar-refractivity contribution in [1.29, 1.82) is 0 Å². The van der Waals surface area contributed by atoms with Crippen LogP contribution in [0.2, 0.25) is 0 Å². The first-order valence-electron chi connectivity index (χ1n) is 6.32. The third-order valence-corrected chi connectivity index (χ3v) is 2.39. The first-order chi connectivity index (χ1) is 8.60. The maximum atomic E-state index is 12.0. The van der Waals surface area contributed by atoms with Crippen molar-refractivity contribution in [2.24, 2.45) is 5.92 Å². The number of likely N-dealkylation sites (N-methyl/N-ethyl adjacent to an activating group) is 1. The number of carbonyl (C=O) groups excluding carboxylic acids is 2. The van der Waals surface area contributed by atoms with Gasteiger partial charge in [-0.2, -0.15) is 0 Å². The number of carbonyl (C=O) groups is 2. The SMILES string of the molecule is COCNC(=O)C(C(C)C)N(C)C(=O)OC(C)(C)C. The van der Waals surface area contributed by atoms with Crippen LogP contribution in [0.25, 0.3) is 0 Å². The standard InChI is InChI=1S/C13H26N2O4/c1-9(2)10(11(16)14-8-18-7)15(6)12(17)19-13(3,4)5/h9-10H,8H2,1-7H3,(H,14,16). The van der Waals surface area contributed by atoms with Crippen LogP contribution in [-0.2, 0) is 14.3 Å². The zero-order valence-electron chi connectivity index (χ0n) is 12.9. The molecule has 0 saturated heterocycles. The summed E-state index contributed by atoms with van der Waals surface area (Å²) >= 11 is 0. The van der Waals surface area contributed by atoms with Crippen LogP contribution < -0.4 is 5.32 Å². The van der Waals surface area contributed by atoms with Gasteiger partial charge in [0, 0.05) is 14.2 Å². The predicted octanol–water partition coefficient (Wildman–Crippen LogP) is 1.60. The highest BCUT2D eigenvalue weighted by molar-refractivity contribution is 5.85. The first kappa shape index (κ1) is 17.7. The fourth-order valence-corrected chi connectivity index (χ4v) is 1.62. The number of methoxy groups -OCH3 is 1. The van der Waals surface area contributed by atoms with Gasteiger partial charge in [-0.05, 0) is 26.7 Å². The van der Waals surface area contributed by atoms with Crippen LogP contribution in [0.1, 0.15) is 34.6 Å². The number of hydrogen-bond donors (Lipinski definition) is 1. The zero-order chi connectivity index (χ0) is 15.2. The van der Waals surface area contributed by atoms with Crippen LogP contribution in [0.5, 0.6) is 0 Å². The molecule has 6 heteroatoms. The van der Waals surface area contributed by atoms with E-state index in [4.69, 9.17) is 9.47 Å². The van der Waals surface area contributed by atoms with E-state index in [1.54, 1.807) is 27.8 Å². The van der Waals surface area contributed by atoms with E-state index in [2.05, 4.69) is 5.32 Å². The second-order valence-electron chi connectivity index (χ2n) is 5.75. The number of nitrogens with zero attached hydrogens (tertiary/aromatic N) is 1. The van der Waals surface area contributed by atoms with Gasteiger partial charge in [0.2, 0.25) is 5.91 Å². The Balaban J connectivity index is 4.79. The van der Waals surface area contributed by atoms with E-state index >= 15 is 0 Å². The van der Waals surface area contributed by atoms with Crippen LogP contribution in [0.3, 0.4) is 0 Å². The van der Waals surface area contributed by atoms with Gasteiger partial charge in [-0.15, -0.1) is 0 Å². The molecule has 6 nitrogen and oxygen atoms in total. The molecule has 0 aromatic rings. The van der Waals surface area contributed by atoms with Crippen molar-refractivity contribution < 1.29 is 19.1 Å². The molecule has 0 aromatic carbocycles. The van der Waals surface area contributed by atoms with Crippen molar-refractivity contribution in [2.45, 2.75) is 46.3 Å². The van der Waals surface area contributed by atoms with Crippen molar-refractivity contribution in [3.8, 4) is 0 Å². The first-order valence-corrected chi connectivity index (χ1v) is 6.32. The van der Waals surface area contributed by atoms with Gasteiger partial charge in [0.1, 0.15) is 18.4 Å². The lowest BCUT2D eigenvalue weighted by atomic mass is 10.0. The fourth-order valence-electron chi connectivity index (χ4n) is 1.62. The Hall–Kier alpha value is -1.30. The van der Waals surface area contributed by atoms with Gasteiger partial charge in [-0.1, -0.05) is 13.8 Å². The summed E-state index contributed by atoms with van der Waals surface area (Å²) in [5, 5.41) is 2.60. The Labute approximate surface area is 115 Å². The van der Waals surface area contributed by atoms with Crippen LogP contribution in [0.15, 0.2) is 0 Å². The number of rotatable bonds is 5. The second-order valence-corrected chi connectivity index (χ2v) is 5.75. The molecule has 0 rings (SSSR count). The Morgan fingerprint density at radius 3 is 2.16 bits per heavy atom. The molecule has 0 radical (unpaired) electrons. The molecule has 0 saturated carbocycles. The van der Waals surface area contributed by atoms with Gasteiger partial charge in [0.25, 0.3) is 0 Å². The lowest BCUT2D eigenvalue weighted by Crippen LogP contribution is -2.51. The van der Waals surface area contributed by atoms with E-state index in [-0.39, 0.29) is 18.6 Å². The average molecular weight is 274 g/mol. The van der Waals surface area contributed by atoms with E-state index in [0.29, 0.717) is 0 Å². The maximum Gasteiger partial charge on any atom is 0.410 e. The van der Waals surface area contributed by atoms with Crippen molar-refractivity contribution >= 4 is 12.0 Å². The molecule has 0 aliphatic carbocycles. The molecule has 0 heterocycles. The fraction of sp³-hybridized carbons (Fsp3) is 0.846. The highest BCUT2D eigenvalue weighted by Gasteiger charge is 2.32. The molecule has 0 aliphatic rings. The molecular weight excluding hydrogens is 248 g/mol. The van der Waals surface area contributed by atoms with Crippen LogP contribution >= 0.6 is 0 Å². The van der Waals surface area contributed by atoms with E-state index in [1.807, 2.05) is 13.8 Å². The largest absolute Gasteiger partial charge is 0.444 e. The van der Waals surface area contributed by atoms with Gasteiger partial charge < -0.3 is 14.8 Å². The summed E-state index contributed by atoms with van der Waals surface area (Å²) in [5.74, 6) is -0.292. The van der Waals surface area contributed by atoms with Gasteiger partial charge in [0.05, 0.1) is 0 Å². The minimum Gasteiger partial charge on any atom is -0.444 e. The van der Waals surface area contributed by atoms with E-state index < -0.39 is 17.7 Å². The molecular formula is C13H26N2O4. The van der Waals surface area contributed by atoms with E-state index in [0.717, 1.165) is 0 Å². The topological polar surface area (TPSA) is 67.9 Å². The number of ether oxygens (including phenoxy) is 2. The van der Waals surface area contributed by atoms with Crippen molar-refractivity contribution in [3.63, 3.8) is 0 Å². The summed E-state index contributed by atoms with van der Waals surface area (Å²) in [6.45, 7) is 9.22. The van der Waals surface area contributed by atoms with Gasteiger partial charge >= 0.3 is 6.09 Å². The molecule has 1 N–H and O–H groups in total. The third-order valence-electron chi connectivity index (χ3n) is 2.39. The Bertz CT molecular complexity index is 310. The Kier molecular flexibility index (Phi) is 6.83. The minimum atomic E-state index is -0.593. The normalized spacial score (nSPS) is 13.1. The van der Waals surface area contributed by atoms with Gasteiger partial charge in [-0.3, -0.25) is 9.69 Å². The minimum absolute atomic E-state index is 0.0330. The lowest BCUT2D eigenvalue weighted by Gasteiger charge is -2.32. The number of amides is 2. The summed E-state index contributed by atoms with van der Waals surface area (Å²) in [6.07, 6.45) is -0.515. The summed E-state index contributed by atoms with van der Waals surface area (Å²) in [7, 11) is 3.05. The number of hydrogen-bond acceptors (Lipinski definition) is 4. The highest BCUT2D eigenvalue weighted by atomic mass is 16.6. The molecule has 1 unspecified atom stereocenters. The molecule has 0 bridgehead atoms. The third kappa shape index (κ3) is 6.42. The molecule has 19 heavy (non-hydrogen) atoms. The lowest BCUT2D eigenvalue weighted by molar-refractivity contribution is -0.128. The zero-order valence-corrected chi connectivity index (χ0v) is 12.9. The van der Waals surface area contributed by atoms with Crippen LogP contribution in [-0.4, -0.2) is 49.4 Å². The smallest absolute Gasteiger partial charge is 0.410 e. The predicted molar refractivity (Wildman–Crippen MR) is 72.6 cm³/mol. The summed E-state index contributed by atoms with van der Waals surface area (Å²) < 4.78 is 10.1. The van der Waals surface area contributed by atoms with Crippen molar-refractivity contribution in [1.82, 2.24) is 10.2 Å². The molecule has 0 aliphatic heterocycles. The molecule has 0 spiro atoms. The van der Waals surface area contributed by atoms with Crippen molar-refractivity contribution in [2.75, 3.05) is 20.9 Å². The van der Waals surface area contributed by atoms with Gasteiger partial charge in [0.15, 0.2) is 0 Å². The average Bonchev–Trinajstić information content (AvgIpc) is 2.23. The van der Waals surface area contributed by atoms with Crippen molar-refractivity contribution in [3.05, 3.63) is 0 Å². The van der Waals surface area contributed by atoms with E-state index in [9.17, 15) is 9.59 Å². The summed E-state index contributed by atoms with van der Waals surface area (Å²) in [6, 6.07) is -0.593. The Morgan fingerprint density at radius 1 is 1.26 bits per heavy atom. The molecule has 0 fully saturated rings. The molecule has 1 atom stereocenters. The molecule has 112 valence electrons. The maximum absolute atomic E-state index is 12.0. The quantitative estimate of drug-likeness (QED) is 0.773. The highest BCUT2D eigenvalue weighted by Crippen LogP contribution is 2.15. The van der Waals surface area contributed by atoms with Gasteiger partial charge in [-0.25, -0.2) is 4.79 Å². The van der Waals surface area contributed by atoms with Crippen LogP contribution in [0.4, 0.5) is 4.79 Å². The van der Waals surface area contributed by atoms with Crippen LogP contribution in [0, 0.1) is 5.92 Å². The monoisotopic (exact) mass is 274 g/mol. The Morgan fingerprint density at radius 2 is 1.79 bits per heavy atom.